The maximum absolute atomic E-state index is 13.0. The summed E-state index contributed by atoms with van der Waals surface area (Å²) in [5.74, 6) is -1.44. The van der Waals surface area contributed by atoms with Crippen LogP contribution < -0.4 is 0 Å². The average molecular weight is 549 g/mol. The van der Waals surface area contributed by atoms with Crippen molar-refractivity contribution >= 4 is 11.9 Å². The standard InChI is InChI=1S/C29H40O10/c1-17-10-26(34)36-15-28-9-8-19(13-30)11-23(28)38-24-12-22(27(28,3)29(24)16-37-29)39-25(33)7-5-4-6-21(18(2)31)35-14-20(17)32/h4-7,11,17-18,20-24,30-32H,8-10,12-16H2,1-3H3/b6-4+,7-5-/t17-,18-,20-,21-,22-,23-,24-,27-,28+,29+/m1/s1. The minimum atomic E-state index is -0.953. The molecule has 5 aliphatic rings. The molecule has 0 aromatic heterocycles. The highest BCUT2D eigenvalue weighted by molar-refractivity contribution is 5.82. The summed E-state index contributed by atoms with van der Waals surface area (Å²) in [6.45, 7) is 5.68. The number of hydrogen-bond donors (Lipinski definition) is 3. The third kappa shape index (κ3) is 4.79. The molecule has 10 atom stereocenters. The van der Waals surface area contributed by atoms with Gasteiger partial charge in [-0.1, -0.05) is 38.2 Å². The van der Waals surface area contributed by atoms with Crippen molar-refractivity contribution in [2.24, 2.45) is 16.7 Å². The van der Waals surface area contributed by atoms with E-state index in [4.69, 9.17) is 23.7 Å². The lowest BCUT2D eigenvalue weighted by Gasteiger charge is -2.58. The number of epoxide rings is 1. The predicted octanol–water partition coefficient (Wildman–Crippen LogP) is 1.37. The van der Waals surface area contributed by atoms with Crippen LogP contribution in [-0.2, 0) is 33.3 Å². The fourth-order valence-electron chi connectivity index (χ4n) is 7.07. The van der Waals surface area contributed by atoms with E-state index in [0.717, 1.165) is 5.57 Å². The van der Waals surface area contributed by atoms with Crippen LogP contribution in [0.3, 0.4) is 0 Å². The van der Waals surface area contributed by atoms with Crippen LogP contribution in [0.5, 0.6) is 0 Å². The highest BCUT2D eigenvalue weighted by Gasteiger charge is 2.83. The fraction of sp³-hybridized carbons (Fsp3) is 0.724. The summed E-state index contributed by atoms with van der Waals surface area (Å²) in [5, 5.41) is 30.5. The van der Waals surface area contributed by atoms with Crippen molar-refractivity contribution < 1.29 is 48.6 Å². The van der Waals surface area contributed by atoms with E-state index in [1.807, 2.05) is 6.08 Å². The zero-order valence-electron chi connectivity index (χ0n) is 22.8. The van der Waals surface area contributed by atoms with Gasteiger partial charge in [0, 0.05) is 17.9 Å². The van der Waals surface area contributed by atoms with Crippen LogP contribution in [0, 0.1) is 16.7 Å². The molecule has 0 aromatic rings. The maximum atomic E-state index is 13.0. The third-order valence-corrected chi connectivity index (χ3v) is 9.77. The maximum Gasteiger partial charge on any atom is 0.331 e. The lowest BCUT2D eigenvalue weighted by atomic mass is 9.51. The van der Waals surface area contributed by atoms with Gasteiger partial charge in [-0.3, -0.25) is 4.79 Å². The van der Waals surface area contributed by atoms with Crippen LogP contribution in [0.25, 0.3) is 0 Å². The van der Waals surface area contributed by atoms with Gasteiger partial charge in [-0.2, -0.15) is 0 Å². The van der Waals surface area contributed by atoms with Gasteiger partial charge in [0.05, 0.1) is 56.1 Å². The summed E-state index contributed by atoms with van der Waals surface area (Å²) in [6, 6.07) is 0. The molecule has 0 aromatic carbocycles. The van der Waals surface area contributed by atoms with Crippen LogP contribution in [0.1, 0.15) is 46.5 Å². The van der Waals surface area contributed by atoms with Crippen molar-refractivity contribution in [3.8, 4) is 0 Å². The van der Waals surface area contributed by atoms with Crippen LogP contribution in [0.2, 0.25) is 0 Å². The summed E-state index contributed by atoms with van der Waals surface area (Å²) in [5.41, 5.74) is -1.25. The number of esters is 2. The molecule has 5 rings (SSSR count). The van der Waals surface area contributed by atoms with Gasteiger partial charge in [-0.15, -0.1) is 0 Å². The van der Waals surface area contributed by atoms with Gasteiger partial charge < -0.3 is 39.0 Å². The smallest absolute Gasteiger partial charge is 0.331 e. The van der Waals surface area contributed by atoms with E-state index in [0.29, 0.717) is 25.9 Å². The first-order chi connectivity index (χ1) is 18.6. The Hall–Kier alpha value is -2.08. The van der Waals surface area contributed by atoms with Gasteiger partial charge in [0.15, 0.2) is 0 Å². The first-order valence-electron chi connectivity index (χ1n) is 13.8. The number of rotatable bonds is 2. The van der Waals surface area contributed by atoms with Crippen LogP contribution in [0.15, 0.2) is 36.0 Å². The van der Waals surface area contributed by atoms with Crippen molar-refractivity contribution in [2.45, 2.75) is 88.7 Å². The summed E-state index contributed by atoms with van der Waals surface area (Å²) in [4.78, 5) is 26.0. The largest absolute Gasteiger partial charge is 0.465 e. The Morgan fingerprint density at radius 2 is 1.95 bits per heavy atom. The second-order valence-electron chi connectivity index (χ2n) is 11.9. The first kappa shape index (κ1) is 28.4. The number of cyclic esters (lactones) is 1. The molecule has 0 radical (unpaired) electrons. The lowest BCUT2D eigenvalue weighted by Crippen LogP contribution is -2.66. The van der Waals surface area contributed by atoms with E-state index in [2.05, 4.69) is 6.92 Å². The summed E-state index contributed by atoms with van der Waals surface area (Å²) < 4.78 is 30.3. The molecule has 2 saturated heterocycles. The van der Waals surface area contributed by atoms with E-state index >= 15 is 0 Å². The number of aliphatic hydroxyl groups excluding tert-OH is 3. The molecule has 2 aliphatic carbocycles. The molecule has 0 amide bonds. The van der Waals surface area contributed by atoms with E-state index in [-0.39, 0.29) is 32.3 Å². The zero-order chi connectivity index (χ0) is 28.0. The molecule has 3 aliphatic heterocycles. The Bertz CT molecular complexity index is 1040. The molecule has 3 heterocycles. The molecule has 39 heavy (non-hydrogen) atoms. The second kappa shape index (κ2) is 10.7. The highest BCUT2D eigenvalue weighted by Crippen LogP contribution is 2.72. The molecule has 216 valence electrons. The van der Waals surface area contributed by atoms with E-state index in [9.17, 15) is 24.9 Å². The molecule has 10 nitrogen and oxygen atoms in total. The molecule has 1 saturated carbocycles. The van der Waals surface area contributed by atoms with Crippen LogP contribution in [0.4, 0.5) is 0 Å². The number of allylic oxidation sites excluding steroid dienone is 2. The number of carbonyl (C=O) groups is 2. The van der Waals surface area contributed by atoms with Gasteiger partial charge in [0.2, 0.25) is 0 Å². The average Bonchev–Trinajstić information content (AvgIpc) is 3.68. The number of ether oxygens (including phenoxy) is 5. The molecular weight excluding hydrogens is 508 g/mol. The molecular formula is C29H40O10. The van der Waals surface area contributed by atoms with Crippen molar-refractivity contribution in [3.63, 3.8) is 0 Å². The Balaban J connectivity index is 1.50. The molecule has 3 fully saturated rings. The van der Waals surface area contributed by atoms with Crippen molar-refractivity contribution in [1.29, 1.82) is 0 Å². The van der Waals surface area contributed by atoms with E-state index in [1.54, 1.807) is 26.0 Å². The normalized spacial score (nSPS) is 47.1. The minimum Gasteiger partial charge on any atom is -0.465 e. The van der Waals surface area contributed by atoms with Crippen LogP contribution >= 0.6 is 0 Å². The Morgan fingerprint density at radius 3 is 2.64 bits per heavy atom. The second-order valence-corrected chi connectivity index (χ2v) is 11.9. The summed E-state index contributed by atoms with van der Waals surface area (Å²) >= 11 is 0. The van der Waals surface area contributed by atoms with Crippen molar-refractivity contribution in [3.05, 3.63) is 36.0 Å². The molecule has 2 spiro atoms. The SMILES string of the molecule is C[C@@H]1CC(=O)OC[C@@]23CCC(CO)=C[C@H]2O[C@@H]2C[C@@H](OC(=O)/C=C\C=C\[C@H]([C@@H](C)O)OC[C@H]1O)[C@@]3(C)[C@]21CO1. The molecule has 3 N–H and O–H groups in total. The quantitative estimate of drug-likeness (QED) is 0.263. The Kier molecular flexibility index (Phi) is 7.82. The Morgan fingerprint density at radius 1 is 1.18 bits per heavy atom. The number of carbonyl (C=O) groups excluding carboxylic acids is 2. The van der Waals surface area contributed by atoms with E-state index in [1.165, 1.54) is 12.2 Å². The zero-order valence-corrected chi connectivity index (χ0v) is 22.8. The van der Waals surface area contributed by atoms with Gasteiger partial charge in [-0.25, -0.2) is 4.79 Å². The number of aliphatic hydroxyl groups is 3. The molecule has 10 heteroatoms. The van der Waals surface area contributed by atoms with E-state index < -0.39 is 64.8 Å². The van der Waals surface area contributed by atoms with Gasteiger partial charge in [0.25, 0.3) is 0 Å². The fourth-order valence-corrected chi connectivity index (χ4v) is 7.07. The topological polar surface area (TPSA) is 144 Å². The minimum absolute atomic E-state index is 0.0239. The van der Waals surface area contributed by atoms with Crippen LogP contribution in [-0.4, -0.2) is 95.9 Å². The molecule has 0 unspecified atom stereocenters. The predicted molar refractivity (Wildman–Crippen MR) is 137 cm³/mol. The summed E-state index contributed by atoms with van der Waals surface area (Å²) in [7, 11) is 0. The van der Waals surface area contributed by atoms with Gasteiger partial charge in [-0.05, 0) is 31.3 Å². The third-order valence-electron chi connectivity index (χ3n) is 9.77. The monoisotopic (exact) mass is 548 g/mol. The number of hydrogen-bond acceptors (Lipinski definition) is 10. The van der Waals surface area contributed by atoms with Crippen molar-refractivity contribution in [2.75, 3.05) is 26.4 Å². The highest BCUT2D eigenvalue weighted by atomic mass is 16.6. The van der Waals surface area contributed by atoms with Gasteiger partial charge in [0.1, 0.15) is 24.4 Å². The lowest BCUT2D eigenvalue weighted by molar-refractivity contribution is -0.233. The first-order valence-corrected chi connectivity index (χ1v) is 13.8. The summed E-state index contributed by atoms with van der Waals surface area (Å²) in [6.07, 6.45) is 5.72. The van der Waals surface area contributed by atoms with Crippen molar-refractivity contribution in [1.82, 2.24) is 0 Å². The molecule has 2 bridgehead atoms. The Labute approximate surface area is 228 Å². The van der Waals surface area contributed by atoms with Gasteiger partial charge >= 0.3 is 11.9 Å².